The molecule has 8 nitrogen and oxygen atoms in total. The van der Waals surface area contributed by atoms with Gasteiger partial charge in [-0.1, -0.05) is 6.07 Å². The largest absolute Gasteiger partial charge is 0.493 e. The maximum Gasteiger partial charge on any atom is 0.193 e. The molecule has 0 spiro atoms. The molecule has 0 aliphatic carbocycles. The van der Waals surface area contributed by atoms with Crippen molar-refractivity contribution in [1.29, 1.82) is 0 Å². The molecule has 3 rings (SSSR count). The maximum absolute atomic E-state index is 5.68. The summed E-state index contributed by atoms with van der Waals surface area (Å²) in [5.41, 5.74) is 1.24. The summed E-state index contributed by atoms with van der Waals surface area (Å²) in [7, 11) is 1.67. The van der Waals surface area contributed by atoms with Crippen molar-refractivity contribution in [2.24, 2.45) is 4.99 Å². The molecule has 0 amide bonds. The molecule has 2 N–H and O–H groups in total. The zero-order chi connectivity index (χ0) is 21.2. The Kier molecular flexibility index (Phi) is 10.9. The number of halogens is 1. The average molecular weight is 542 g/mol. The van der Waals surface area contributed by atoms with E-state index in [9.17, 15) is 0 Å². The minimum absolute atomic E-state index is 0. The number of likely N-dealkylation sites (tertiary alicyclic amines) is 1. The molecule has 1 saturated heterocycles. The fraction of sp³-hybridized carbons (Fsp3) is 0.591. The van der Waals surface area contributed by atoms with E-state index in [4.69, 9.17) is 14.5 Å². The molecule has 2 aromatic rings. The second kappa shape index (κ2) is 13.4. The van der Waals surface area contributed by atoms with Crippen LogP contribution < -0.4 is 14.8 Å². The SMILES string of the molecule is CCNC(=NCCCc1ccc(OC)c(OCC)c1)N1CCC(c2ncn[nH]2)CC1.I. The summed E-state index contributed by atoms with van der Waals surface area (Å²) >= 11 is 0. The van der Waals surface area contributed by atoms with Crippen LogP contribution >= 0.6 is 24.0 Å². The molecule has 172 valence electrons. The number of benzene rings is 1. The molecule has 0 bridgehead atoms. The summed E-state index contributed by atoms with van der Waals surface area (Å²) in [6, 6.07) is 6.16. The lowest BCUT2D eigenvalue weighted by Gasteiger charge is -2.33. The summed E-state index contributed by atoms with van der Waals surface area (Å²) in [6.45, 7) is 8.35. The van der Waals surface area contributed by atoms with Gasteiger partial charge < -0.3 is 19.7 Å². The standard InChI is InChI=1S/C22H34N6O2.HI/c1-4-23-22(28-13-10-18(11-14-28)21-25-16-26-27-21)24-12-6-7-17-8-9-19(29-3)20(15-17)30-5-2;/h8-9,15-16,18H,4-7,10-14H2,1-3H3,(H,23,24)(H,25,26,27);1H. The number of H-pyrrole nitrogens is 1. The van der Waals surface area contributed by atoms with Gasteiger partial charge in [-0.15, -0.1) is 24.0 Å². The third-order valence-electron chi connectivity index (χ3n) is 5.36. The molecule has 31 heavy (non-hydrogen) atoms. The van der Waals surface area contributed by atoms with Crippen molar-refractivity contribution in [3.05, 3.63) is 35.9 Å². The summed E-state index contributed by atoms with van der Waals surface area (Å²) < 4.78 is 11.0. The molecule has 1 fully saturated rings. The predicted molar refractivity (Wildman–Crippen MR) is 134 cm³/mol. The van der Waals surface area contributed by atoms with Gasteiger partial charge >= 0.3 is 0 Å². The highest BCUT2D eigenvalue weighted by molar-refractivity contribution is 14.0. The Morgan fingerprint density at radius 2 is 2.06 bits per heavy atom. The van der Waals surface area contributed by atoms with E-state index in [0.717, 1.165) is 75.1 Å². The number of nitrogens with zero attached hydrogens (tertiary/aromatic N) is 4. The second-order valence-electron chi connectivity index (χ2n) is 7.39. The highest BCUT2D eigenvalue weighted by atomic mass is 127. The number of ether oxygens (including phenoxy) is 2. The topological polar surface area (TPSA) is 87.7 Å². The van der Waals surface area contributed by atoms with Crippen molar-refractivity contribution < 1.29 is 9.47 Å². The van der Waals surface area contributed by atoms with E-state index in [2.05, 4.69) is 44.5 Å². The lowest BCUT2D eigenvalue weighted by atomic mass is 9.96. The fourth-order valence-corrected chi connectivity index (χ4v) is 3.82. The van der Waals surface area contributed by atoms with Crippen molar-refractivity contribution in [3.8, 4) is 11.5 Å². The van der Waals surface area contributed by atoms with Crippen LogP contribution in [0.3, 0.4) is 0 Å². The Balaban J connectivity index is 0.00000341. The van der Waals surface area contributed by atoms with E-state index in [-0.39, 0.29) is 24.0 Å². The van der Waals surface area contributed by atoms with E-state index in [0.29, 0.717) is 12.5 Å². The summed E-state index contributed by atoms with van der Waals surface area (Å²) in [4.78, 5) is 11.5. The number of rotatable bonds is 9. The number of piperidine rings is 1. The van der Waals surface area contributed by atoms with E-state index >= 15 is 0 Å². The van der Waals surface area contributed by atoms with Crippen LogP contribution in [0.15, 0.2) is 29.5 Å². The summed E-state index contributed by atoms with van der Waals surface area (Å²) in [5, 5.41) is 10.4. The van der Waals surface area contributed by atoms with Crippen LogP contribution in [0.4, 0.5) is 0 Å². The smallest absolute Gasteiger partial charge is 0.193 e. The van der Waals surface area contributed by atoms with Crippen molar-refractivity contribution in [2.45, 2.75) is 45.4 Å². The van der Waals surface area contributed by atoms with Gasteiger partial charge in [0.25, 0.3) is 0 Å². The first-order valence-electron chi connectivity index (χ1n) is 10.9. The van der Waals surface area contributed by atoms with E-state index in [1.165, 1.54) is 5.56 Å². The highest BCUT2D eigenvalue weighted by Crippen LogP contribution is 2.28. The van der Waals surface area contributed by atoms with Crippen LogP contribution in [0.5, 0.6) is 11.5 Å². The van der Waals surface area contributed by atoms with Gasteiger partial charge in [-0.25, -0.2) is 4.98 Å². The molecule has 9 heteroatoms. The number of hydrogen-bond donors (Lipinski definition) is 2. The molecular weight excluding hydrogens is 507 g/mol. The van der Waals surface area contributed by atoms with Crippen molar-refractivity contribution in [3.63, 3.8) is 0 Å². The first-order chi connectivity index (χ1) is 14.7. The van der Waals surface area contributed by atoms with Crippen LogP contribution in [-0.4, -0.2) is 65.9 Å². The maximum atomic E-state index is 5.68. The number of aryl methyl sites for hydroxylation is 1. The summed E-state index contributed by atoms with van der Waals surface area (Å²) in [6.07, 6.45) is 5.66. The van der Waals surface area contributed by atoms with E-state index in [1.54, 1.807) is 13.4 Å². The van der Waals surface area contributed by atoms with E-state index in [1.807, 2.05) is 13.0 Å². The number of guanidine groups is 1. The minimum atomic E-state index is 0. The Morgan fingerprint density at radius 1 is 1.26 bits per heavy atom. The Bertz CT molecular complexity index is 791. The van der Waals surface area contributed by atoms with Crippen molar-refractivity contribution in [1.82, 2.24) is 25.4 Å². The molecule has 1 aliphatic rings. The molecular formula is C22H35IN6O2. The highest BCUT2D eigenvalue weighted by Gasteiger charge is 2.24. The Morgan fingerprint density at radius 3 is 2.71 bits per heavy atom. The molecule has 2 heterocycles. The molecule has 1 aromatic heterocycles. The van der Waals surface area contributed by atoms with Gasteiger partial charge in [-0.2, -0.15) is 5.10 Å². The van der Waals surface area contributed by atoms with Gasteiger partial charge in [0.1, 0.15) is 12.2 Å². The number of aromatic nitrogens is 3. The lowest BCUT2D eigenvalue weighted by Crippen LogP contribution is -2.45. The molecule has 0 unspecified atom stereocenters. The minimum Gasteiger partial charge on any atom is -0.493 e. The average Bonchev–Trinajstić information content (AvgIpc) is 3.31. The quantitative estimate of drug-likeness (QED) is 0.218. The first-order valence-corrected chi connectivity index (χ1v) is 10.9. The van der Waals surface area contributed by atoms with Gasteiger partial charge in [-0.3, -0.25) is 10.1 Å². The van der Waals surface area contributed by atoms with Gasteiger partial charge in [0.05, 0.1) is 13.7 Å². The number of hydrogen-bond acceptors (Lipinski definition) is 5. The second-order valence-corrected chi connectivity index (χ2v) is 7.39. The number of methoxy groups -OCH3 is 1. The van der Waals surface area contributed by atoms with E-state index < -0.39 is 0 Å². The third kappa shape index (κ3) is 7.26. The van der Waals surface area contributed by atoms with Crippen molar-refractivity contribution in [2.75, 3.05) is 39.9 Å². The van der Waals surface area contributed by atoms with Crippen LogP contribution in [0.1, 0.15) is 50.4 Å². The lowest BCUT2D eigenvalue weighted by molar-refractivity contribution is 0.299. The van der Waals surface area contributed by atoms with Gasteiger partial charge in [0.15, 0.2) is 17.5 Å². The van der Waals surface area contributed by atoms with Crippen LogP contribution in [0.2, 0.25) is 0 Å². The van der Waals surface area contributed by atoms with Gasteiger partial charge in [0, 0.05) is 32.1 Å². The van der Waals surface area contributed by atoms with Gasteiger partial charge in [-0.05, 0) is 57.2 Å². The third-order valence-corrected chi connectivity index (χ3v) is 5.36. The number of nitrogens with one attached hydrogen (secondary N) is 2. The van der Waals surface area contributed by atoms with Crippen LogP contribution in [0, 0.1) is 0 Å². The Labute approximate surface area is 202 Å². The monoisotopic (exact) mass is 542 g/mol. The zero-order valence-corrected chi connectivity index (χ0v) is 21.1. The summed E-state index contributed by atoms with van der Waals surface area (Å²) in [5.74, 6) is 4.06. The normalized spacial score (nSPS) is 14.8. The van der Waals surface area contributed by atoms with Crippen molar-refractivity contribution >= 4 is 29.9 Å². The number of aromatic amines is 1. The molecule has 1 aliphatic heterocycles. The Hall–Kier alpha value is -2.04. The molecule has 0 atom stereocenters. The first kappa shape index (κ1) is 25.2. The fourth-order valence-electron chi connectivity index (χ4n) is 3.82. The van der Waals surface area contributed by atoms with Crippen LogP contribution in [0.25, 0.3) is 0 Å². The van der Waals surface area contributed by atoms with Crippen LogP contribution in [-0.2, 0) is 6.42 Å². The molecule has 0 saturated carbocycles. The molecule has 1 aromatic carbocycles. The molecule has 0 radical (unpaired) electrons. The predicted octanol–water partition coefficient (Wildman–Crippen LogP) is 3.61. The zero-order valence-electron chi connectivity index (χ0n) is 18.8. The number of aliphatic imine (C=N–C) groups is 1. The van der Waals surface area contributed by atoms with Gasteiger partial charge in [0.2, 0.25) is 0 Å².